The molecule has 16 rings (SSSR count). The summed E-state index contributed by atoms with van der Waals surface area (Å²) in [7, 11) is -3.23. The van der Waals surface area contributed by atoms with E-state index in [2.05, 4.69) is 311 Å². The third-order valence-corrected chi connectivity index (χ3v) is 21.2. The number of aromatic nitrogens is 7. The van der Waals surface area contributed by atoms with Crippen LogP contribution in [0.15, 0.2) is 297 Å². The van der Waals surface area contributed by atoms with Crippen molar-refractivity contribution in [1.82, 2.24) is 33.6 Å². The van der Waals surface area contributed by atoms with Gasteiger partial charge in [-0.15, -0.1) is 0 Å². The van der Waals surface area contributed by atoms with Gasteiger partial charge < -0.3 is 0 Å². The first-order valence-electron chi connectivity index (χ1n) is 27.8. The molecule has 0 saturated carbocycles. The van der Waals surface area contributed by atoms with Crippen molar-refractivity contribution in [2.45, 2.75) is 0 Å². The molecule has 7 nitrogen and oxygen atoms in total. The second kappa shape index (κ2) is 19.2. The summed E-state index contributed by atoms with van der Waals surface area (Å²) >= 11 is 0. The zero-order chi connectivity index (χ0) is 54.1. The van der Waals surface area contributed by atoms with Crippen LogP contribution in [0.25, 0.3) is 117 Å². The van der Waals surface area contributed by atoms with Crippen molar-refractivity contribution in [1.29, 1.82) is 0 Å². The van der Waals surface area contributed by atoms with Gasteiger partial charge in [-0.1, -0.05) is 249 Å². The van der Waals surface area contributed by atoms with Crippen molar-refractivity contribution in [3.8, 4) is 51.5 Å². The minimum atomic E-state index is -3.23. The topological polar surface area (TPSA) is 66.3 Å². The fraction of sp³-hybridized carbons (Fsp3) is 0. The molecule has 0 N–H and O–H groups in total. The third kappa shape index (κ3) is 7.50. The number of benzene rings is 11. The average molecular weight is 1060 g/mol. The minimum absolute atomic E-state index is 0.597. The van der Waals surface area contributed by atoms with E-state index in [1.807, 2.05) is 0 Å². The Kier molecular flexibility index (Phi) is 11.1. The Morgan fingerprint density at radius 1 is 0.220 bits per heavy atom. The van der Waals surface area contributed by atoms with E-state index in [9.17, 15) is 0 Å². The van der Waals surface area contributed by atoms with Gasteiger partial charge >= 0.3 is 0 Å². The van der Waals surface area contributed by atoms with E-state index in [0.717, 1.165) is 94.2 Å². The van der Waals surface area contributed by atoms with E-state index in [1.165, 1.54) is 31.5 Å². The van der Waals surface area contributed by atoms with E-state index >= 15 is 0 Å². The molecule has 16 aromatic rings. The number of hydrogen-bond acceptors (Lipinski definition) is 4. The summed E-state index contributed by atoms with van der Waals surface area (Å²) in [4.78, 5) is 22.2. The van der Waals surface area contributed by atoms with Gasteiger partial charge in [0.2, 0.25) is 11.9 Å². The lowest BCUT2D eigenvalue weighted by atomic mass is 10.1. The first-order valence-corrected chi connectivity index (χ1v) is 29.8. The Bertz CT molecular complexity index is 4790. The van der Waals surface area contributed by atoms with Crippen LogP contribution < -0.4 is 20.7 Å². The van der Waals surface area contributed by atoms with Gasteiger partial charge in [-0.25, -0.2) is 15.0 Å². The third-order valence-electron chi connectivity index (χ3n) is 16.5. The second-order valence-corrected chi connectivity index (χ2v) is 24.8. The molecule has 8 heteroatoms. The molecule has 0 radical (unpaired) electrons. The second-order valence-electron chi connectivity index (χ2n) is 21.0. The van der Waals surface area contributed by atoms with Crippen LogP contribution in [0.3, 0.4) is 0 Å². The first kappa shape index (κ1) is 47.2. The van der Waals surface area contributed by atoms with Crippen LogP contribution in [0.1, 0.15) is 0 Å². The predicted octanol–water partition coefficient (Wildman–Crippen LogP) is 14.9. The quantitative estimate of drug-likeness (QED) is 0.101. The molecule has 0 atom stereocenters. The number of hydrogen-bond donors (Lipinski definition) is 0. The van der Waals surface area contributed by atoms with E-state index in [-0.39, 0.29) is 0 Å². The van der Waals surface area contributed by atoms with Crippen LogP contribution >= 0.6 is 0 Å². The monoisotopic (exact) mass is 1060 g/mol. The van der Waals surface area contributed by atoms with Gasteiger partial charge in [0, 0.05) is 55.1 Å². The number of rotatable bonds is 10. The molecule has 5 heterocycles. The van der Waals surface area contributed by atoms with E-state index in [1.54, 1.807) is 0 Å². The van der Waals surface area contributed by atoms with Crippen LogP contribution in [0.4, 0.5) is 0 Å². The maximum atomic E-state index is 5.65. The first-order chi connectivity index (χ1) is 40.7. The van der Waals surface area contributed by atoms with Crippen molar-refractivity contribution in [3.05, 3.63) is 297 Å². The van der Waals surface area contributed by atoms with E-state index in [4.69, 9.17) is 19.9 Å². The molecule has 0 unspecified atom stereocenters. The van der Waals surface area contributed by atoms with Gasteiger partial charge in [0.05, 0.1) is 50.2 Å². The molecule has 0 aliphatic heterocycles. The molecule has 82 heavy (non-hydrogen) atoms. The summed E-state index contributed by atoms with van der Waals surface area (Å²) < 4.78 is 6.75. The number of fused-ring (bicyclic) bond motifs is 9. The molecule has 0 spiro atoms. The van der Waals surface area contributed by atoms with Crippen molar-refractivity contribution in [2.75, 3.05) is 0 Å². The molecular weight excluding hydrogens is 1010 g/mol. The predicted molar refractivity (Wildman–Crippen MR) is 341 cm³/mol. The highest BCUT2D eigenvalue weighted by atomic mass is 28.3. The largest absolute Gasteiger partial charge is 0.294 e. The Labute approximate surface area is 474 Å². The summed E-state index contributed by atoms with van der Waals surface area (Å²) in [6.45, 7) is 0. The summed E-state index contributed by atoms with van der Waals surface area (Å²) in [6, 6.07) is 107. The Morgan fingerprint density at radius 3 is 0.915 bits per heavy atom. The van der Waals surface area contributed by atoms with Gasteiger partial charge in [-0.3, -0.25) is 13.7 Å². The minimum Gasteiger partial charge on any atom is -0.294 e. The SMILES string of the molecule is c1ccc(-c2cc(-c3cccc([Si](c4ccccc4)(c4ccccc4)c4cccc(-c5cc(-n6c7ccccc7c7ccccc76)nc(-n6c7ccccc7c7ccccc76)n5)c4)c3)nc(-n3c4ccccc4c4ccccc43)n2)cc1. The number of para-hydroxylation sites is 6. The molecular formula is C74H49N7Si. The summed E-state index contributed by atoms with van der Waals surface area (Å²) in [6.07, 6.45) is 0. The van der Waals surface area contributed by atoms with Crippen molar-refractivity contribution < 1.29 is 0 Å². The Morgan fingerprint density at radius 2 is 0.512 bits per heavy atom. The highest BCUT2D eigenvalue weighted by molar-refractivity contribution is 7.20. The molecule has 0 amide bonds. The molecule has 5 aromatic heterocycles. The lowest BCUT2D eigenvalue weighted by Crippen LogP contribution is -2.74. The van der Waals surface area contributed by atoms with Crippen LogP contribution in [0.5, 0.6) is 0 Å². The molecule has 384 valence electrons. The van der Waals surface area contributed by atoms with Crippen molar-refractivity contribution in [2.24, 2.45) is 0 Å². The highest BCUT2D eigenvalue weighted by Gasteiger charge is 2.42. The smallest absolute Gasteiger partial charge is 0.237 e. The van der Waals surface area contributed by atoms with Crippen molar-refractivity contribution >= 4 is 94.2 Å². The fourth-order valence-electron chi connectivity index (χ4n) is 12.9. The van der Waals surface area contributed by atoms with Gasteiger partial charge in [-0.2, -0.15) is 4.98 Å². The summed E-state index contributed by atoms with van der Waals surface area (Å²) in [5, 5.41) is 11.9. The van der Waals surface area contributed by atoms with Crippen LogP contribution in [-0.2, 0) is 0 Å². The molecule has 0 aliphatic rings. The molecule has 0 fully saturated rings. The van der Waals surface area contributed by atoms with Gasteiger partial charge in [-0.05, 0) is 63.2 Å². The summed E-state index contributed by atoms with van der Waals surface area (Å²) in [5.74, 6) is 2.00. The average Bonchev–Trinajstić information content (AvgIpc) is 3.23. The van der Waals surface area contributed by atoms with E-state index < -0.39 is 8.07 Å². The zero-order valence-electron chi connectivity index (χ0n) is 44.4. The lowest BCUT2D eigenvalue weighted by molar-refractivity contribution is 0.952. The van der Waals surface area contributed by atoms with Crippen molar-refractivity contribution in [3.63, 3.8) is 0 Å². The zero-order valence-corrected chi connectivity index (χ0v) is 45.4. The summed E-state index contributed by atoms with van der Waals surface area (Å²) in [5.41, 5.74) is 11.9. The highest BCUT2D eigenvalue weighted by Crippen LogP contribution is 2.37. The Hall–Kier alpha value is -10.8. The molecule has 0 bridgehead atoms. The maximum absolute atomic E-state index is 5.65. The molecule has 0 aliphatic carbocycles. The van der Waals surface area contributed by atoms with Crippen LogP contribution in [0, 0.1) is 0 Å². The maximum Gasteiger partial charge on any atom is 0.237 e. The number of nitrogens with zero attached hydrogens (tertiary/aromatic N) is 7. The van der Waals surface area contributed by atoms with Gasteiger partial charge in [0.25, 0.3) is 0 Å². The van der Waals surface area contributed by atoms with E-state index in [0.29, 0.717) is 11.9 Å². The van der Waals surface area contributed by atoms with Gasteiger partial charge in [0.1, 0.15) is 5.82 Å². The normalized spacial score (nSPS) is 11.9. The lowest BCUT2D eigenvalue weighted by Gasteiger charge is -2.35. The van der Waals surface area contributed by atoms with Crippen LogP contribution in [0.2, 0.25) is 0 Å². The Balaban J connectivity index is 0.937. The van der Waals surface area contributed by atoms with Crippen LogP contribution in [-0.4, -0.2) is 41.7 Å². The fourth-order valence-corrected chi connectivity index (χ4v) is 17.7. The standard InChI is InChI=1S/C74H49N7Si/c1-4-24-50(25-5-1)63-48-64(76-73(75-63)80-68-42-18-12-36-59(68)60-37-13-19-43-69(60)80)51-26-22-32-55(46-51)82(53-28-6-2-7-29-53,54-30-8-3-9-31-54)56-33-23-27-52(47-56)65-49-72(79-66-40-16-10-34-57(66)58-35-11-17-41-67(58)79)78-74(77-65)81-70-44-20-14-38-61(70)62-39-15-21-45-71(62)81/h1-49H. The molecule has 11 aromatic carbocycles. The van der Waals surface area contributed by atoms with Gasteiger partial charge in [0.15, 0.2) is 8.07 Å². The molecule has 0 saturated heterocycles.